The van der Waals surface area contributed by atoms with E-state index in [2.05, 4.69) is 0 Å². The van der Waals surface area contributed by atoms with Crippen molar-refractivity contribution in [2.75, 3.05) is 24.6 Å². The van der Waals surface area contributed by atoms with E-state index in [0.717, 1.165) is 0 Å². The Morgan fingerprint density at radius 1 is 0.688 bits per heavy atom. The molecule has 4 nitrogen and oxygen atoms in total. The summed E-state index contributed by atoms with van der Waals surface area (Å²) in [6.45, 7) is 6.66. The van der Waals surface area contributed by atoms with Gasteiger partial charge in [0.25, 0.3) is 0 Å². The van der Waals surface area contributed by atoms with Gasteiger partial charge in [0.15, 0.2) is 0 Å². The molecule has 8 heteroatoms. The van der Waals surface area contributed by atoms with Gasteiger partial charge in [-0.3, -0.25) is 0 Å². The number of hydrogen-bond acceptors (Lipinski definition) is 4. The Bertz CT molecular complexity index is 196. The average molecular weight is 296 g/mol. The van der Waals surface area contributed by atoms with Gasteiger partial charge < -0.3 is 18.9 Å². The molecule has 0 bridgehead atoms. The summed E-state index contributed by atoms with van der Waals surface area (Å²) in [4.78, 5) is 20.8. The van der Waals surface area contributed by atoms with Crippen molar-refractivity contribution < 1.29 is 18.9 Å². The van der Waals surface area contributed by atoms with Crippen LogP contribution in [0.1, 0.15) is 27.7 Å². The van der Waals surface area contributed by atoms with E-state index >= 15 is 0 Å². The Morgan fingerprint density at radius 2 is 0.812 bits per heavy atom. The maximum atomic E-state index is 10.4. The van der Waals surface area contributed by atoms with Gasteiger partial charge in [0, 0.05) is 14.7 Å². The molecule has 0 saturated carbocycles. The molecule has 0 aromatic rings. The molecule has 0 radical (unpaired) electrons. The molecule has 0 N–H and O–H groups in total. The smallest absolute Gasteiger partial charge is 0.799 e. The SMILES string of the molecule is CCP(=O)([O-])CC.CCP(=O)([O-])CC.[Al+3].[Al+3]. The van der Waals surface area contributed by atoms with E-state index in [1.807, 2.05) is 0 Å². The summed E-state index contributed by atoms with van der Waals surface area (Å²) >= 11 is 0. The molecule has 0 amide bonds. The zero-order valence-electron chi connectivity index (χ0n) is 10.5. The molecule has 0 aliphatic carbocycles. The fraction of sp³-hybridized carbons (Fsp3) is 1.00. The van der Waals surface area contributed by atoms with Gasteiger partial charge in [-0.25, -0.2) is 0 Å². The van der Waals surface area contributed by atoms with Gasteiger partial charge in [0.05, 0.1) is 0 Å². The number of rotatable bonds is 4. The van der Waals surface area contributed by atoms with E-state index in [1.165, 1.54) is 0 Å². The van der Waals surface area contributed by atoms with Crippen LogP contribution in [0.2, 0.25) is 0 Å². The van der Waals surface area contributed by atoms with E-state index in [1.54, 1.807) is 27.7 Å². The van der Waals surface area contributed by atoms with Gasteiger partial charge in [0.2, 0.25) is 0 Å². The van der Waals surface area contributed by atoms with Crippen LogP contribution in [0.4, 0.5) is 0 Å². The van der Waals surface area contributed by atoms with E-state index in [9.17, 15) is 18.9 Å². The van der Waals surface area contributed by atoms with Crippen LogP contribution in [-0.4, -0.2) is 59.4 Å². The van der Waals surface area contributed by atoms with E-state index in [0.29, 0.717) is 24.6 Å². The topological polar surface area (TPSA) is 80.3 Å². The van der Waals surface area contributed by atoms with Crippen molar-refractivity contribution in [1.82, 2.24) is 0 Å². The minimum absolute atomic E-state index is 0. The van der Waals surface area contributed by atoms with Crippen LogP contribution in [-0.2, 0) is 9.13 Å². The third-order valence-corrected chi connectivity index (χ3v) is 5.78. The first-order valence-corrected chi connectivity index (χ1v) is 8.81. The monoisotopic (exact) mass is 296 g/mol. The third-order valence-electron chi connectivity index (χ3n) is 1.93. The fourth-order valence-electron chi connectivity index (χ4n) is 0.447. The van der Waals surface area contributed by atoms with Crippen LogP contribution in [0.25, 0.3) is 0 Å². The zero-order valence-corrected chi connectivity index (χ0v) is 14.6. The summed E-state index contributed by atoms with van der Waals surface area (Å²) in [5, 5.41) is 0. The predicted molar refractivity (Wildman–Crippen MR) is 68.9 cm³/mol. The minimum Gasteiger partial charge on any atom is -0.799 e. The fourth-order valence-corrected chi connectivity index (χ4v) is 1.34. The maximum Gasteiger partial charge on any atom is 3.00 e. The Labute approximate surface area is 120 Å². The Balaban J connectivity index is -0.0000000800. The van der Waals surface area contributed by atoms with Gasteiger partial charge in [-0.15, -0.1) is 0 Å². The van der Waals surface area contributed by atoms with Crippen LogP contribution in [0.5, 0.6) is 0 Å². The van der Waals surface area contributed by atoms with Crippen molar-refractivity contribution >= 4 is 49.5 Å². The van der Waals surface area contributed by atoms with Gasteiger partial charge in [0.1, 0.15) is 0 Å². The van der Waals surface area contributed by atoms with Crippen molar-refractivity contribution in [2.24, 2.45) is 0 Å². The summed E-state index contributed by atoms with van der Waals surface area (Å²) < 4.78 is 20.8. The molecular weight excluding hydrogens is 276 g/mol. The second-order valence-electron chi connectivity index (χ2n) is 2.89. The van der Waals surface area contributed by atoms with Crippen molar-refractivity contribution in [2.45, 2.75) is 27.7 Å². The molecule has 0 unspecified atom stereocenters. The second kappa shape index (κ2) is 12.9. The first-order chi connectivity index (χ1) is 6.24. The van der Waals surface area contributed by atoms with Gasteiger partial charge in [-0.2, -0.15) is 0 Å². The first-order valence-electron chi connectivity index (χ1n) is 4.82. The van der Waals surface area contributed by atoms with Gasteiger partial charge in [-0.05, 0) is 24.6 Å². The molecule has 88 valence electrons. The maximum absolute atomic E-state index is 10.4. The van der Waals surface area contributed by atoms with Crippen LogP contribution < -0.4 is 9.79 Å². The van der Waals surface area contributed by atoms with Crippen LogP contribution in [0.15, 0.2) is 0 Å². The number of hydrogen-bond donors (Lipinski definition) is 0. The molecule has 0 fully saturated rings. The standard InChI is InChI=1S/2C4H11O2P.2Al/c2*1-3-7(5,6)4-2;;/h2*3-4H2,1-2H3,(H,5,6);;/q;;2*+3/p-2. The van der Waals surface area contributed by atoms with Crippen molar-refractivity contribution in [3.63, 3.8) is 0 Å². The van der Waals surface area contributed by atoms with Crippen molar-refractivity contribution in [1.29, 1.82) is 0 Å². The minimum atomic E-state index is -2.90. The van der Waals surface area contributed by atoms with Gasteiger partial charge in [-0.1, -0.05) is 27.7 Å². The molecule has 0 aromatic heterocycles. The molecule has 0 atom stereocenters. The molecule has 16 heavy (non-hydrogen) atoms. The quantitative estimate of drug-likeness (QED) is 0.561. The largest absolute Gasteiger partial charge is 3.00 e. The van der Waals surface area contributed by atoms with Crippen LogP contribution in [0, 0.1) is 0 Å². The summed E-state index contributed by atoms with van der Waals surface area (Å²) in [6, 6.07) is 0. The Hall–Kier alpha value is 1.44. The third kappa shape index (κ3) is 17.8. The molecule has 0 aromatic carbocycles. The zero-order chi connectivity index (χ0) is 11.8. The molecular formula is C8H20Al2O4P2+4. The predicted octanol–water partition coefficient (Wildman–Crippen LogP) is 0.568. The molecule has 0 rings (SSSR count). The summed E-state index contributed by atoms with van der Waals surface area (Å²) in [6.07, 6.45) is 1.18. The second-order valence-corrected chi connectivity index (χ2v) is 8.68. The van der Waals surface area contributed by atoms with E-state index < -0.39 is 14.7 Å². The normalized spacial score (nSPS) is 10.4. The first kappa shape index (κ1) is 26.1. The van der Waals surface area contributed by atoms with Crippen LogP contribution >= 0.6 is 14.7 Å². The Kier molecular flexibility index (Phi) is 21.0. The van der Waals surface area contributed by atoms with Crippen molar-refractivity contribution in [3.8, 4) is 0 Å². The summed E-state index contributed by atoms with van der Waals surface area (Å²) in [5.41, 5.74) is 0. The molecule has 0 saturated heterocycles. The molecule has 0 heterocycles. The molecule has 0 aliphatic rings. The summed E-state index contributed by atoms with van der Waals surface area (Å²) in [7, 11) is -5.81. The molecule has 0 aliphatic heterocycles. The summed E-state index contributed by atoms with van der Waals surface area (Å²) in [5.74, 6) is 0. The van der Waals surface area contributed by atoms with E-state index in [4.69, 9.17) is 0 Å². The Morgan fingerprint density at radius 3 is 0.812 bits per heavy atom. The van der Waals surface area contributed by atoms with E-state index in [-0.39, 0.29) is 34.7 Å². The van der Waals surface area contributed by atoms with Crippen LogP contribution in [0.3, 0.4) is 0 Å². The average Bonchev–Trinajstić information content (AvgIpc) is 2.19. The molecule has 0 spiro atoms. The van der Waals surface area contributed by atoms with Gasteiger partial charge >= 0.3 is 34.7 Å². The van der Waals surface area contributed by atoms with Crippen molar-refractivity contribution in [3.05, 3.63) is 0 Å².